The number of rotatable bonds is 5. The summed E-state index contributed by atoms with van der Waals surface area (Å²) < 4.78 is 0. The molecule has 0 saturated carbocycles. The van der Waals surface area contributed by atoms with Crippen molar-refractivity contribution in [3.63, 3.8) is 0 Å². The molecular weight excluding hydrogens is 383 g/mol. The van der Waals surface area contributed by atoms with E-state index in [1.165, 1.54) is 5.01 Å². The van der Waals surface area contributed by atoms with Crippen molar-refractivity contribution < 1.29 is 0 Å². The molecule has 3 N–H and O–H groups in total. The summed E-state index contributed by atoms with van der Waals surface area (Å²) >= 11 is 1.70. The minimum Gasteiger partial charge on any atom is -0.370 e. The van der Waals surface area contributed by atoms with Gasteiger partial charge in [0.2, 0.25) is 0 Å². The van der Waals surface area contributed by atoms with Gasteiger partial charge in [0, 0.05) is 24.0 Å². The number of nitrogens with two attached hydrogens (primary N) is 1. The number of nitrogens with zero attached hydrogens (tertiary/aromatic N) is 2. The van der Waals surface area contributed by atoms with E-state index >= 15 is 0 Å². The van der Waals surface area contributed by atoms with Crippen molar-refractivity contribution >= 4 is 47.0 Å². The number of aliphatic imine (C=N–C) groups is 1. The first kappa shape index (κ1) is 16.9. The SMILES string of the molecule is CCc1nc(CCN=C(N)Nc2ccccc2)cs1.I. The van der Waals surface area contributed by atoms with Crippen LogP contribution in [0, 0.1) is 0 Å². The number of anilines is 1. The van der Waals surface area contributed by atoms with Crippen molar-refractivity contribution in [2.75, 3.05) is 11.9 Å². The Bertz CT molecular complexity index is 539. The summed E-state index contributed by atoms with van der Waals surface area (Å²) in [5, 5.41) is 6.32. The molecule has 0 radical (unpaired) electrons. The van der Waals surface area contributed by atoms with Gasteiger partial charge in [0.1, 0.15) is 0 Å². The Balaban J connectivity index is 0.00000200. The Morgan fingerprint density at radius 1 is 1.35 bits per heavy atom. The molecule has 2 aromatic rings. The fraction of sp³-hybridized carbons (Fsp3) is 0.286. The smallest absolute Gasteiger partial charge is 0.193 e. The zero-order valence-corrected chi connectivity index (χ0v) is 14.5. The number of guanidine groups is 1. The van der Waals surface area contributed by atoms with Crippen molar-refractivity contribution in [3.8, 4) is 0 Å². The highest BCUT2D eigenvalue weighted by atomic mass is 127. The van der Waals surface area contributed by atoms with E-state index in [1.54, 1.807) is 11.3 Å². The average molecular weight is 402 g/mol. The molecule has 1 aromatic carbocycles. The first-order valence-electron chi connectivity index (χ1n) is 6.33. The van der Waals surface area contributed by atoms with Crippen molar-refractivity contribution in [2.24, 2.45) is 10.7 Å². The first-order chi connectivity index (χ1) is 9.28. The highest BCUT2D eigenvalue weighted by molar-refractivity contribution is 14.0. The molecule has 1 aromatic heterocycles. The average Bonchev–Trinajstić information content (AvgIpc) is 2.88. The highest BCUT2D eigenvalue weighted by Crippen LogP contribution is 2.10. The summed E-state index contributed by atoms with van der Waals surface area (Å²) in [7, 11) is 0. The second-order valence-electron chi connectivity index (χ2n) is 4.09. The van der Waals surface area contributed by atoms with Crippen LogP contribution in [0.4, 0.5) is 5.69 Å². The summed E-state index contributed by atoms with van der Waals surface area (Å²) in [6.07, 6.45) is 1.82. The lowest BCUT2D eigenvalue weighted by Crippen LogP contribution is -2.23. The Labute approximate surface area is 140 Å². The standard InChI is InChI=1S/C14H18N4S.HI/c1-2-13-17-12(10-19-13)8-9-16-14(15)18-11-6-4-3-5-7-11;/h3-7,10H,2,8-9H2,1H3,(H3,15,16,18);1H. The van der Waals surface area contributed by atoms with Gasteiger partial charge in [-0.3, -0.25) is 4.99 Å². The second kappa shape index (κ2) is 8.91. The molecule has 0 atom stereocenters. The number of thiazole rings is 1. The van der Waals surface area contributed by atoms with E-state index in [4.69, 9.17) is 5.73 Å². The van der Waals surface area contributed by atoms with Crippen molar-refractivity contribution in [3.05, 3.63) is 46.4 Å². The molecule has 0 aliphatic carbocycles. The Morgan fingerprint density at radius 3 is 2.75 bits per heavy atom. The third-order valence-electron chi connectivity index (χ3n) is 2.60. The summed E-state index contributed by atoms with van der Waals surface area (Å²) in [4.78, 5) is 8.80. The molecule has 0 spiro atoms. The minimum absolute atomic E-state index is 0. The third kappa shape index (κ3) is 5.46. The maximum Gasteiger partial charge on any atom is 0.193 e. The number of benzene rings is 1. The van der Waals surface area contributed by atoms with Gasteiger partial charge in [-0.1, -0.05) is 25.1 Å². The van der Waals surface area contributed by atoms with Crippen LogP contribution >= 0.6 is 35.3 Å². The summed E-state index contributed by atoms with van der Waals surface area (Å²) in [6.45, 7) is 2.76. The predicted molar refractivity (Wildman–Crippen MR) is 97.2 cm³/mol. The molecule has 0 amide bonds. The number of aryl methyl sites for hydroxylation is 1. The second-order valence-corrected chi connectivity index (χ2v) is 5.04. The number of para-hydroxylation sites is 1. The van der Waals surface area contributed by atoms with Gasteiger partial charge in [0.05, 0.1) is 10.7 Å². The molecule has 1 heterocycles. The number of aromatic nitrogens is 1. The zero-order valence-electron chi connectivity index (χ0n) is 11.4. The number of halogens is 1. The van der Waals surface area contributed by atoms with Gasteiger partial charge >= 0.3 is 0 Å². The molecule has 6 heteroatoms. The van der Waals surface area contributed by atoms with Crippen LogP contribution in [-0.2, 0) is 12.8 Å². The van der Waals surface area contributed by atoms with E-state index in [9.17, 15) is 0 Å². The van der Waals surface area contributed by atoms with Gasteiger partial charge in [-0.15, -0.1) is 35.3 Å². The van der Waals surface area contributed by atoms with Gasteiger partial charge in [-0.05, 0) is 18.6 Å². The van der Waals surface area contributed by atoms with Crippen LogP contribution in [0.5, 0.6) is 0 Å². The molecule has 0 aliphatic heterocycles. The Kier molecular flexibility index (Phi) is 7.53. The number of hydrogen-bond acceptors (Lipinski definition) is 3. The fourth-order valence-corrected chi connectivity index (χ4v) is 2.41. The van der Waals surface area contributed by atoms with Gasteiger partial charge in [-0.2, -0.15) is 0 Å². The molecule has 0 aliphatic rings. The van der Waals surface area contributed by atoms with Crippen LogP contribution in [-0.4, -0.2) is 17.5 Å². The number of nitrogens with one attached hydrogen (secondary N) is 1. The van der Waals surface area contributed by atoms with Crippen molar-refractivity contribution in [1.82, 2.24) is 4.98 Å². The lowest BCUT2D eigenvalue weighted by molar-refractivity contribution is 0.916. The molecule has 108 valence electrons. The lowest BCUT2D eigenvalue weighted by atomic mass is 10.3. The van der Waals surface area contributed by atoms with E-state index in [1.807, 2.05) is 30.3 Å². The fourth-order valence-electron chi connectivity index (χ4n) is 1.63. The van der Waals surface area contributed by atoms with Crippen LogP contribution in [0.15, 0.2) is 40.7 Å². The van der Waals surface area contributed by atoms with Crippen LogP contribution < -0.4 is 11.1 Å². The van der Waals surface area contributed by atoms with Gasteiger partial charge in [0.15, 0.2) is 5.96 Å². The molecular formula is C14H19IN4S. The quantitative estimate of drug-likeness (QED) is 0.458. The van der Waals surface area contributed by atoms with Crippen LogP contribution in [0.1, 0.15) is 17.6 Å². The van der Waals surface area contributed by atoms with Crippen LogP contribution in [0.2, 0.25) is 0 Å². The largest absolute Gasteiger partial charge is 0.370 e. The Hall–Kier alpha value is -1.15. The van der Waals surface area contributed by atoms with E-state index in [-0.39, 0.29) is 24.0 Å². The van der Waals surface area contributed by atoms with Crippen molar-refractivity contribution in [1.29, 1.82) is 0 Å². The maximum atomic E-state index is 5.82. The monoisotopic (exact) mass is 402 g/mol. The van der Waals surface area contributed by atoms with Crippen LogP contribution in [0.25, 0.3) is 0 Å². The Morgan fingerprint density at radius 2 is 2.10 bits per heavy atom. The summed E-state index contributed by atoms with van der Waals surface area (Å²) in [5.74, 6) is 0.442. The number of hydrogen-bond donors (Lipinski definition) is 2. The molecule has 0 unspecified atom stereocenters. The topological polar surface area (TPSA) is 63.3 Å². The van der Waals surface area contributed by atoms with E-state index in [0.29, 0.717) is 12.5 Å². The zero-order chi connectivity index (χ0) is 13.5. The predicted octanol–water partition coefficient (Wildman–Crippen LogP) is 3.29. The lowest BCUT2D eigenvalue weighted by Gasteiger charge is -2.04. The molecule has 2 rings (SSSR count). The molecule has 0 fully saturated rings. The van der Waals surface area contributed by atoms with Gasteiger partial charge < -0.3 is 11.1 Å². The first-order valence-corrected chi connectivity index (χ1v) is 7.21. The third-order valence-corrected chi connectivity index (χ3v) is 3.64. The maximum absolute atomic E-state index is 5.82. The normalized spacial score (nSPS) is 10.9. The van der Waals surface area contributed by atoms with Crippen LogP contribution in [0.3, 0.4) is 0 Å². The van der Waals surface area contributed by atoms with Crippen molar-refractivity contribution in [2.45, 2.75) is 19.8 Å². The van der Waals surface area contributed by atoms with E-state index < -0.39 is 0 Å². The van der Waals surface area contributed by atoms with E-state index in [0.717, 1.165) is 24.2 Å². The van der Waals surface area contributed by atoms with Gasteiger partial charge in [-0.25, -0.2) is 4.98 Å². The molecule has 4 nitrogen and oxygen atoms in total. The highest BCUT2D eigenvalue weighted by Gasteiger charge is 2.00. The molecule has 20 heavy (non-hydrogen) atoms. The van der Waals surface area contributed by atoms with E-state index in [2.05, 4.69) is 27.6 Å². The van der Waals surface area contributed by atoms with Gasteiger partial charge in [0.25, 0.3) is 0 Å². The summed E-state index contributed by atoms with van der Waals surface area (Å²) in [6, 6.07) is 9.78. The molecule has 0 bridgehead atoms. The minimum atomic E-state index is 0. The summed E-state index contributed by atoms with van der Waals surface area (Å²) in [5.41, 5.74) is 7.87. The molecule has 0 saturated heterocycles.